The van der Waals surface area contributed by atoms with Crippen LogP contribution in [0.1, 0.15) is 18.1 Å². The number of carboxylic acids is 1. The van der Waals surface area contributed by atoms with Gasteiger partial charge in [-0.2, -0.15) is 5.06 Å². The van der Waals surface area contributed by atoms with Crippen molar-refractivity contribution in [2.75, 3.05) is 0 Å². The molecule has 0 fully saturated rings. The zero-order valence-electron chi connectivity index (χ0n) is 14.3. The average Bonchev–Trinajstić information content (AvgIpc) is 2.63. The highest BCUT2D eigenvalue weighted by Gasteiger charge is 2.50. The van der Waals surface area contributed by atoms with E-state index in [1.54, 1.807) is 18.2 Å². The molecule has 0 saturated heterocycles. The molecular weight excluding hydrogens is 358 g/mol. The minimum Gasteiger partial charge on any atom is -0.504 e. The van der Waals surface area contributed by atoms with E-state index in [1.165, 1.54) is 12.1 Å². The Morgan fingerprint density at radius 3 is 2.11 bits per heavy atom. The number of phenolic OH excluding ortho intramolecular Hbond substituents is 2. The van der Waals surface area contributed by atoms with Gasteiger partial charge in [-0.1, -0.05) is 36.4 Å². The molecular formula is C18H19NO8. The number of rotatable bonds is 6. The summed E-state index contributed by atoms with van der Waals surface area (Å²) in [6.07, 6.45) is -0.650. The van der Waals surface area contributed by atoms with E-state index in [9.17, 15) is 40.3 Å². The van der Waals surface area contributed by atoms with Crippen LogP contribution in [0, 0.1) is 0 Å². The van der Waals surface area contributed by atoms with E-state index in [0.29, 0.717) is 5.56 Å². The number of carbonyl (C=O) groups is 2. The van der Waals surface area contributed by atoms with Gasteiger partial charge >= 0.3 is 5.97 Å². The van der Waals surface area contributed by atoms with Gasteiger partial charge in [0, 0.05) is 6.42 Å². The number of aliphatic hydroxyl groups is 2. The van der Waals surface area contributed by atoms with Gasteiger partial charge in [-0.3, -0.25) is 10.0 Å². The second-order valence-corrected chi connectivity index (χ2v) is 6.18. The summed E-state index contributed by atoms with van der Waals surface area (Å²) in [6.45, 7) is 0.940. The molecule has 1 amide bonds. The summed E-state index contributed by atoms with van der Waals surface area (Å²) in [4.78, 5) is 24.1. The number of carboxylic acid groups (broad SMARTS) is 1. The quantitative estimate of drug-likeness (QED) is 0.184. The van der Waals surface area contributed by atoms with Gasteiger partial charge in [0.05, 0.1) is 0 Å². The summed E-state index contributed by atoms with van der Waals surface area (Å²) in [5.41, 5.74) is -5.49. The van der Waals surface area contributed by atoms with Crippen molar-refractivity contribution in [3.05, 3.63) is 59.7 Å². The Balaban J connectivity index is 2.38. The van der Waals surface area contributed by atoms with E-state index in [-0.39, 0.29) is 5.56 Å². The highest BCUT2D eigenvalue weighted by molar-refractivity contribution is 5.90. The maximum atomic E-state index is 12.6. The van der Waals surface area contributed by atoms with Crippen molar-refractivity contribution in [1.82, 2.24) is 5.06 Å². The molecule has 0 aliphatic heterocycles. The molecule has 0 aliphatic rings. The van der Waals surface area contributed by atoms with Gasteiger partial charge in [0.25, 0.3) is 11.6 Å². The third-order valence-electron chi connectivity index (χ3n) is 4.13. The fourth-order valence-corrected chi connectivity index (χ4v) is 2.45. The first kappa shape index (κ1) is 20.2. The molecule has 0 radical (unpaired) electrons. The number of hydrogen-bond donors (Lipinski definition) is 6. The topological polar surface area (TPSA) is 159 Å². The summed E-state index contributed by atoms with van der Waals surface area (Å²) in [5, 5.41) is 58.9. The first-order chi connectivity index (χ1) is 12.5. The predicted molar refractivity (Wildman–Crippen MR) is 90.7 cm³/mol. The van der Waals surface area contributed by atoms with Gasteiger partial charge in [0.1, 0.15) is 0 Å². The molecule has 1 unspecified atom stereocenters. The molecule has 0 aromatic heterocycles. The van der Waals surface area contributed by atoms with Crippen molar-refractivity contribution in [1.29, 1.82) is 0 Å². The number of aliphatic carboxylic acids is 1. The lowest BCUT2D eigenvalue weighted by Gasteiger charge is -2.35. The number of carbonyl (C=O) groups excluding carboxylic acids is 1. The van der Waals surface area contributed by atoms with E-state index in [1.807, 2.05) is 0 Å². The predicted octanol–water partition coefficient (Wildman–Crippen LogP) is 0.539. The largest absolute Gasteiger partial charge is 0.504 e. The molecule has 2 aromatic rings. The average molecular weight is 377 g/mol. The van der Waals surface area contributed by atoms with E-state index in [0.717, 1.165) is 25.1 Å². The first-order valence-electron chi connectivity index (χ1n) is 7.78. The van der Waals surface area contributed by atoms with Crippen molar-refractivity contribution in [3.63, 3.8) is 0 Å². The number of aromatic hydroxyl groups is 2. The molecule has 0 spiro atoms. The van der Waals surface area contributed by atoms with Crippen LogP contribution < -0.4 is 0 Å². The van der Waals surface area contributed by atoms with Crippen molar-refractivity contribution in [2.45, 2.75) is 24.7 Å². The van der Waals surface area contributed by atoms with E-state index >= 15 is 0 Å². The molecule has 2 aromatic carbocycles. The van der Waals surface area contributed by atoms with E-state index < -0.39 is 46.2 Å². The molecule has 0 aliphatic carbocycles. The maximum absolute atomic E-state index is 12.6. The Morgan fingerprint density at radius 2 is 1.59 bits per heavy atom. The summed E-state index contributed by atoms with van der Waals surface area (Å²) < 4.78 is 0. The number of amides is 1. The van der Waals surface area contributed by atoms with Gasteiger partial charge in [0.2, 0.25) is 0 Å². The summed E-state index contributed by atoms with van der Waals surface area (Å²) in [6, 6.07) is 10.8. The van der Waals surface area contributed by atoms with Gasteiger partial charge in [-0.25, -0.2) is 4.79 Å². The van der Waals surface area contributed by atoms with Crippen LogP contribution in [0.3, 0.4) is 0 Å². The van der Waals surface area contributed by atoms with Gasteiger partial charge in [-0.15, -0.1) is 0 Å². The van der Waals surface area contributed by atoms with Crippen molar-refractivity contribution in [3.8, 4) is 11.5 Å². The van der Waals surface area contributed by atoms with Crippen molar-refractivity contribution >= 4 is 11.9 Å². The van der Waals surface area contributed by atoms with Crippen LogP contribution in [0.4, 0.5) is 0 Å². The second-order valence-electron chi connectivity index (χ2n) is 6.18. The highest BCUT2D eigenvalue weighted by Crippen LogP contribution is 2.33. The lowest BCUT2D eigenvalue weighted by molar-refractivity contribution is -0.263. The summed E-state index contributed by atoms with van der Waals surface area (Å²) in [7, 11) is 0. The number of hydroxylamine groups is 2. The third kappa shape index (κ3) is 3.85. The van der Waals surface area contributed by atoms with Crippen molar-refractivity contribution < 1.29 is 40.3 Å². The van der Waals surface area contributed by atoms with Crippen LogP contribution in [0.5, 0.6) is 11.5 Å². The smallest absolute Gasteiger partial charge is 0.360 e. The first-order valence-corrected chi connectivity index (χ1v) is 7.78. The Bertz CT molecular complexity index is 852. The Morgan fingerprint density at radius 1 is 1.00 bits per heavy atom. The molecule has 2 rings (SSSR count). The third-order valence-corrected chi connectivity index (χ3v) is 4.13. The lowest BCUT2D eigenvalue weighted by Crippen LogP contribution is -2.61. The van der Waals surface area contributed by atoms with Gasteiger partial charge < -0.3 is 25.5 Å². The van der Waals surface area contributed by atoms with Crippen LogP contribution in [0.25, 0.3) is 0 Å². The monoisotopic (exact) mass is 377 g/mol. The Labute approximate surface area is 153 Å². The minimum absolute atomic E-state index is 0.241. The molecule has 0 heterocycles. The normalized spacial score (nSPS) is 15.4. The van der Waals surface area contributed by atoms with E-state index in [4.69, 9.17) is 0 Å². The van der Waals surface area contributed by atoms with Gasteiger partial charge in [0.15, 0.2) is 17.1 Å². The molecule has 0 saturated carbocycles. The van der Waals surface area contributed by atoms with E-state index in [2.05, 4.69) is 0 Å². The fraction of sp³-hybridized carbons (Fsp3) is 0.222. The molecule has 9 heteroatoms. The number of nitrogens with zero attached hydrogens (tertiary/aromatic N) is 1. The maximum Gasteiger partial charge on any atom is 0.360 e. The van der Waals surface area contributed by atoms with Crippen LogP contribution in [-0.4, -0.2) is 53.4 Å². The molecule has 6 N–H and O–H groups in total. The molecule has 2 atom stereocenters. The minimum atomic E-state index is -3.05. The van der Waals surface area contributed by atoms with Crippen LogP contribution in [-0.2, 0) is 21.6 Å². The number of hydrogen-bond acceptors (Lipinski definition) is 7. The second kappa shape index (κ2) is 7.23. The number of phenols is 2. The fourth-order valence-electron chi connectivity index (χ4n) is 2.45. The summed E-state index contributed by atoms with van der Waals surface area (Å²) >= 11 is 0. The molecule has 0 bridgehead atoms. The zero-order valence-corrected chi connectivity index (χ0v) is 14.3. The number of benzene rings is 2. The highest BCUT2D eigenvalue weighted by atomic mass is 16.6. The van der Waals surface area contributed by atoms with Crippen molar-refractivity contribution in [2.24, 2.45) is 0 Å². The summed E-state index contributed by atoms with van der Waals surface area (Å²) in [5.74, 6) is -4.60. The molecule has 27 heavy (non-hydrogen) atoms. The Kier molecular flexibility index (Phi) is 5.41. The molecule has 9 nitrogen and oxygen atoms in total. The van der Waals surface area contributed by atoms with Crippen LogP contribution in [0.2, 0.25) is 0 Å². The molecule has 144 valence electrons. The van der Waals surface area contributed by atoms with Gasteiger partial charge in [-0.05, 0) is 30.2 Å². The lowest BCUT2D eigenvalue weighted by atomic mass is 9.92. The Hall–Kier alpha value is -3.14. The van der Waals surface area contributed by atoms with Crippen LogP contribution in [0.15, 0.2) is 48.5 Å². The standard InChI is InChI=1S/C18H19NO8/c1-17(25,12-7-8-13(20)14(21)9-12)15(22)19(27)18(26,16(23)24)10-11-5-3-2-4-6-11/h2-9,20-21,25-27H,10H2,1H3,(H,23,24)/t17?,18-/m1/s1. The zero-order chi connectivity index (χ0) is 20.4. The van der Waals surface area contributed by atoms with Crippen LogP contribution >= 0.6 is 0 Å². The SMILES string of the molecule is CC(O)(C(=O)N(O)[C@@](O)(Cc1ccccc1)C(=O)O)c1ccc(O)c(O)c1.